The molecule has 1 saturated carbocycles. The second kappa shape index (κ2) is 5.82. The van der Waals surface area contributed by atoms with E-state index in [0.29, 0.717) is 4.47 Å². The van der Waals surface area contributed by atoms with Crippen LogP contribution in [0.5, 0.6) is 0 Å². The molecule has 0 unspecified atom stereocenters. The van der Waals surface area contributed by atoms with Crippen molar-refractivity contribution in [1.82, 2.24) is 5.16 Å². The van der Waals surface area contributed by atoms with Gasteiger partial charge >= 0.3 is 5.97 Å². The van der Waals surface area contributed by atoms with E-state index >= 15 is 0 Å². The smallest absolute Gasteiger partial charge is 0.358 e. The van der Waals surface area contributed by atoms with Crippen LogP contribution in [0.4, 0.5) is 0 Å². The molecule has 3 rings (SSSR count). The van der Waals surface area contributed by atoms with Crippen LogP contribution in [0.2, 0.25) is 0 Å². The van der Waals surface area contributed by atoms with Gasteiger partial charge in [-0.15, -0.1) is 0 Å². The van der Waals surface area contributed by atoms with Crippen LogP contribution in [0.1, 0.15) is 50.9 Å². The summed E-state index contributed by atoms with van der Waals surface area (Å²) in [5.41, 5.74) is -0.769. The molecule has 9 heteroatoms. The molecule has 126 valence electrons. The van der Waals surface area contributed by atoms with Crippen molar-refractivity contribution in [3.8, 4) is 0 Å². The van der Waals surface area contributed by atoms with E-state index in [0.717, 1.165) is 19.1 Å². The first-order valence-corrected chi connectivity index (χ1v) is 9.65. The number of ketones is 1. The Hall–Kier alpha value is -2.00. The van der Waals surface area contributed by atoms with Gasteiger partial charge in [0.05, 0.1) is 4.90 Å². The van der Waals surface area contributed by atoms with E-state index in [1.807, 2.05) is 0 Å². The van der Waals surface area contributed by atoms with Gasteiger partial charge < -0.3 is 9.63 Å². The predicted octanol–water partition coefficient (Wildman–Crippen LogP) is 2.65. The molecule has 0 bridgehead atoms. The van der Waals surface area contributed by atoms with E-state index in [1.165, 1.54) is 18.2 Å². The van der Waals surface area contributed by atoms with Crippen molar-refractivity contribution in [2.24, 2.45) is 0 Å². The number of carboxylic acid groups (broad SMARTS) is 1. The van der Waals surface area contributed by atoms with Gasteiger partial charge in [0.15, 0.2) is 21.4 Å². The highest BCUT2D eigenvalue weighted by molar-refractivity contribution is 9.10. The molecule has 0 spiro atoms. The first kappa shape index (κ1) is 16.8. The van der Waals surface area contributed by atoms with Crippen molar-refractivity contribution in [2.75, 3.05) is 6.26 Å². The maximum Gasteiger partial charge on any atom is 0.358 e. The fourth-order valence-electron chi connectivity index (χ4n) is 2.42. The number of carbonyl (C=O) groups is 2. The molecule has 1 heterocycles. The number of carbonyl (C=O) groups excluding carboxylic acids is 1. The average molecular weight is 414 g/mol. The number of nitrogens with zero attached hydrogens (tertiary/aromatic N) is 1. The van der Waals surface area contributed by atoms with Crippen LogP contribution in [-0.2, 0) is 9.84 Å². The molecule has 1 N–H and O–H groups in total. The van der Waals surface area contributed by atoms with E-state index in [-0.39, 0.29) is 27.7 Å². The Labute approximate surface area is 145 Å². The van der Waals surface area contributed by atoms with Gasteiger partial charge in [0.25, 0.3) is 0 Å². The van der Waals surface area contributed by atoms with Crippen LogP contribution >= 0.6 is 15.9 Å². The summed E-state index contributed by atoms with van der Waals surface area (Å²) < 4.78 is 29.6. The van der Waals surface area contributed by atoms with Crippen LogP contribution in [0, 0.1) is 0 Å². The summed E-state index contributed by atoms with van der Waals surface area (Å²) in [6.07, 6.45) is 2.53. The van der Waals surface area contributed by atoms with Gasteiger partial charge in [-0.3, -0.25) is 4.79 Å². The summed E-state index contributed by atoms with van der Waals surface area (Å²) in [6.45, 7) is 0. The number of hydrogen-bond acceptors (Lipinski definition) is 6. The monoisotopic (exact) mass is 413 g/mol. The van der Waals surface area contributed by atoms with Gasteiger partial charge in [-0.1, -0.05) is 21.1 Å². The number of aromatic carboxylic acids is 1. The zero-order valence-electron chi connectivity index (χ0n) is 12.4. The highest BCUT2D eigenvalue weighted by atomic mass is 79.9. The first-order chi connectivity index (χ1) is 11.2. The van der Waals surface area contributed by atoms with Gasteiger partial charge in [-0.2, -0.15) is 0 Å². The molecule has 1 aliphatic carbocycles. The molecule has 24 heavy (non-hydrogen) atoms. The summed E-state index contributed by atoms with van der Waals surface area (Å²) >= 11 is 3.17. The minimum Gasteiger partial charge on any atom is -0.476 e. The van der Waals surface area contributed by atoms with E-state index in [9.17, 15) is 23.1 Å². The summed E-state index contributed by atoms with van der Waals surface area (Å²) in [7, 11) is -3.69. The van der Waals surface area contributed by atoms with Crippen molar-refractivity contribution >= 4 is 37.5 Å². The molecule has 0 radical (unpaired) electrons. The van der Waals surface area contributed by atoms with E-state index in [2.05, 4.69) is 21.1 Å². The minimum absolute atomic E-state index is 0.0540. The Bertz CT molecular complexity index is 958. The maximum atomic E-state index is 12.9. The van der Waals surface area contributed by atoms with Crippen molar-refractivity contribution in [3.05, 3.63) is 45.3 Å². The molecule has 7 nitrogen and oxygen atoms in total. The fourth-order valence-corrected chi connectivity index (χ4v) is 3.83. The summed E-state index contributed by atoms with van der Waals surface area (Å²) in [6, 6.07) is 4.18. The highest BCUT2D eigenvalue weighted by Gasteiger charge is 2.38. The Kier molecular flexibility index (Phi) is 4.08. The second-order valence-electron chi connectivity index (χ2n) is 5.59. The van der Waals surface area contributed by atoms with Crippen LogP contribution < -0.4 is 0 Å². The molecule has 0 atom stereocenters. The topological polar surface area (TPSA) is 115 Å². The molecule has 1 fully saturated rings. The zero-order valence-corrected chi connectivity index (χ0v) is 14.8. The third-order valence-electron chi connectivity index (χ3n) is 3.68. The number of halogens is 1. The van der Waals surface area contributed by atoms with E-state index in [1.54, 1.807) is 0 Å². The van der Waals surface area contributed by atoms with Crippen LogP contribution in [0.25, 0.3) is 0 Å². The molecule has 2 aromatic rings. The fraction of sp³-hybridized carbons (Fsp3) is 0.267. The molecule has 0 amide bonds. The standard InChI is InChI=1S/C15H12BrNO6S/c1-24(21,22)10-6-8(16)4-5-9(10)13(18)11-12(15(19)20)17-23-14(11)7-2-3-7/h4-7H,2-3H2,1H3,(H,19,20). The number of hydrogen-bond donors (Lipinski definition) is 1. The molecule has 1 aromatic heterocycles. The maximum absolute atomic E-state index is 12.9. The lowest BCUT2D eigenvalue weighted by atomic mass is 9.99. The van der Waals surface area contributed by atoms with Crippen LogP contribution in [0.15, 0.2) is 32.1 Å². The number of benzene rings is 1. The average Bonchev–Trinajstić information content (AvgIpc) is 3.23. The normalized spacial score (nSPS) is 14.6. The first-order valence-electron chi connectivity index (χ1n) is 6.97. The van der Waals surface area contributed by atoms with E-state index < -0.39 is 27.3 Å². The number of aromatic nitrogens is 1. The molecule has 0 aliphatic heterocycles. The molecule has 1 aliphatic rings. The van der Waals surface area contributed by atoms with Crippen molar-refractivity contribution < 1.29 is 27.6 Å². The Morgan fingerprint density at radius 2 is 2.00 bits per heavy atom. The minimum atomic E-state index is -3.69. The molecule has 1 aromatic carbocycles. The molecular formula is C15H12BrNO6S. The Balaban J connectivity index is 2.21. The van der Waals surface area contributed by atoms with Gasteiger partial charge in [0, 0.05) is 22.2 Å². The van der Waals surface area contributed by atoms with Gasteiger partial charge in [0.2, 0.25) is 5.69 Å². The highest BCUT2D eigenvalue weighted by Crippen LogP contribution is 2.43. The lowest BCUT2D eigenvalue weighted by Crippen LogP contribution is -2.14. The van der Waals surface area contributed by atoms with Gasteiger partial charge in [-0.25, -0.2) is 13.2 Å². The largest absolute Gasteiger partial charge is 0.476 e. The van der Waals surface area contributed by atoms with Crippen molar-refractivity contribution in [2.45, 2.75) is 23.7 Å². The lowest BCUT2D eigenvalue weighted by Gasteiger charge is -2.08. The third kappa shape index (κ3) is 3.01. The van der Waals surface area contributed by atoms with Crippen LogP contribution in [-0.4, -0.2) is 36.7 Å². The Morgan fingerprint density at radius 1 is 1.33 bits per heavy atom. The SMILES string of the molecule is CS(=O)(=O)c1cc(Br)ccc1C(=O)c1c(C(=O)O)noc1C1CC1. The van der Waals surface area contributed by atoms with Gasteiger partial charge in [0.1, 0.15) is 5.56 Å². The quantitative estimate of drug-likeness (QED) is 0.748. The number of rotatable bonds is 5. The Morgan fingerprint density at radius 3 is 2.54 bits per heavy atom. The van der Waals surface area contributed by atoms with Crippen molar-refractivity contribution in [1.29, 1.82) is 0 Å². The number of sulfone groups is 1. The number of carboxylic acids is 1. The van der Waals surface area contributed by atoms with Crippen LogP contribution in [0.3, 0.4) is 0 Å². The summed E-state index contributed by atoms with van der Waals surface area (Å²) in [5.74, 6) is -1.96. The summed E-state index contributed by atoms with van der Waals surface area (Å²) in [4.78, 5) is 24.1. The zero-order chi connectivity index (χ0) is 17.6. The third-order valence-corrected chi connectivity index (χ3v) is 5.31. The lowest BCUT2D eigenvalue weighted by molar-refractivity contribution is 0.0682. The molecule has 0 saturated heterocycles. The van der Waals surface area contributed by atoms with E-state index in [4.69, 9.17) is 4.52 Å². The molecular weight excluding hydrogens is 402 g/mol. The van der Waals surface area contributed by atoms with Gasteiger partial charge in [-0.05, 0) is 31.0 Å². The summed E-state index contributed by atoms with van der Waals surface area (Å²) in [5, 5.41) is 12.7. The van der Waals surface area contributed by atoms with Crippen molar-refractivity contribution in [3.63, 3.8) is 0 Å². The predicted molar refractivity (Wildman–Crippen MR) is 86.1 cm³/mol. The second-order valence-corrected chi connectivity index (χ2v) is 8.49.